The Morgan fingerprint density at radius 3 is 2.46 bits per heavy atom. The van der Waals surface area contributed by atoms with Gasteiger partial charge in [-0.25, -0.2) is 0 Å². The number of anilines is 1. The van der Waals surface area contributed by atoms with E-state index in [1.165, 1.54) is 18.3 Å². The van der Waals surface area contributed by atoms with Gasteiger partial charge in [0.1, 0.15) is 10.5 Å². The Kier molecular flexibility index (Phi) is 4.89. The smallest absolute Gasteiger partial charge is 0.251 e. The number of benzene rings is 1. The van der Waals surface area contributed by atoms with E-state index >= 15 is 0 Å². The fraction of sp³-hybridized carbons (Fsp3) is 0.412. The molecule has 0 unspecified atom stereocenters. The Labute approximate surface area is 144 Å². The van der Waals surface area contributed by atoms with Gasteiger partial charge in [0.15, 0.2) is 0 Å². The van der Waals surface area contributed by atoms with Gasteiger partial charge in [-0.15, -0.1) is 10.2 Å². The first-order valence-electron chi connectivity index (χ1n) is 8.08. The van der Waals surface area contributed by atoms with Gasteiger partial charge in [0.2, 0.25) is 11.0 Å². The van der Waals surface area contributed by atoms with E-state index in [1.807, 2.05) is 30.3 Å². The minimum atomic E-state index is -0.831. The zero-order valence-corrected chi connectivity index (χ0v) is 14.4. The summed E-state index contributed by atoms with van der Waals surface area (Å²) >= 11 is 1.33. The minimum Gasteiger partial charge on any atom is -0.342 e. The van der Waals surface area contributed by atoms with E-state index in [2.05, 4.69) is 20.8 Å². The van der Waals surface area contributed by atoms with Gasteiger partial charge < -0.3 is 5.32 Å². The number of carbonyl (C=O) groups excluding carboxylic acids is 2. The molecule has 3 rings (SSSR count). The van der Waals surface area contributed by atoms with Crippen LogP contribution in [0, 0.1) is 0 Å². The largest absolute Gasteiger partial charge is 0.342 e. The fourth-order valence-electron chi connectivity index (χ4n) is 3.09. The van der Waals surface area contributed by atoms with E-state index in [0.717, 1.165) is 29.8 Å². The molecular formula is C17H20N4O2S. The molecule has 0 saturated heterocycles. The average Bonchev–Trinajstić information content (AvgIpc) is 3.04. The highest BCUT2D eigenvalue weighted by Gasteiger charge is 2.40. The van der Waals surface area contributed by atoms with Gasteiger partial charge in [-0.1, -0.05) is 60.9 Å². The van der Waals surface area contributed by atoms with Crippen molar-refractivity contribution >= 4 is 28.3 Å². The highest BCUT2D eigenvalue weighted by atomic mass is 32.1. The van der Waals surface area contributed by atoms with E-state index in [9.17, 15) is 9.59 Å². The Bertz CT molecular complexity index is 723. The van der Waals surface area contributed by atoms with Gasteiger partial charge in [-0.2, -0.15) is 0 Å². The number of hydrogen-bond acceptors (Lipinski definition) is 5. The second-order valence-electron chi connectivity index (χ2n) is 6.06. The van der Waals surface area contributed by atoms with Crippen molar-refractivity contribution < 1.29 is 9.59 Å². The lowest BCUT2D eigenvalue weighted by Gasteiger charge is -2.35. The summed E-state index contributed by atoms with van der Waals surface area (Å²) in [7, 11) is 0. The Hall–Kier alpha value is -2.28. The molecule has 2 amide bonds. The summed E-state index contributed by atoms with van der Waals surface area (Å²) in [5, 5.41) is 15.1. The molecule has 126 valence electrons. The molecule has 7 heteroatoms. The molecule has 0 atom stereocenters. The van der Waals surface area contributed by atoms with E-state index < -0.39 is 5.54 Å². The highest BCUT2D eigenvalue weighted by Crippen LogP contribution is 2.31. The zero-order chi connectivity index (χ0) is 17.0. The second-order valence-corrected chi connectivity index (χ2v) is 7.03. The molecule has 6 nitrogen and oxygen atoms in total. The van der Waals surface area contributed by atoms with Gasteiger partial charge in [0.05, 0.1) is 0 Å². The lowest BCUT2D eigenvalue weighted by molar-refractivity contribution is -0.130. The molecule has 1 aliphatic rings. The van der Waals surface area contributed by atoms with Gasteiger partial charge in [-0.05, 0) is 12.8 Å². The summed E-state index contributed by atoms with van der Waals surface area (Å²) in [6, 6.07) is 9.71. The first kappa shape index (κ1) is 16.6. The highest BCUT2D eigenvalue weighted by molar-refractivity contribution is 7.18. The van der Waals surface area contributed by atoms with Crippen molar-refractivity contribution in [1.82, 2.24) is 15.5 Å². The van der Waals surface area contributed by atoms with E-state index in [4.69, 9.17) is 0 Å². The average molecular weight is 344 g/mol. The van der Waals surface area contributed by atoms with Crippen molar-refractivity contribution in [3.05, 3.63) is 30.3 Å². The maximum absolute atomic E-state index is 12.8. The van der Waals surface area contributed by atoms with Gasteiger partial charge in [0.25, 0.3) is 5.91 Å². The van der Waals surface area contributed by atoms with Crippen molar-refractivity contribution in [2.75, 3.05) is 5.32 Å². The molecule has 24 heavy (non-hydrogen) atoms. The molecule has 2 aromatic rings. The quantitative estimate of drug-likeness (QED) is 0.893. The van der Waals surface area contributed by atoms with E-state index in [0.29, 0.717) is 18.0 Å². The SMILES string of the molecule is CC(=O)NC1(C(=O)Nc2nnc(-c3ccccc3)s2)CCCCC1. The number of aromatic nitrogens is 2. The van der Waals surface area contributed by atoms with Crippen LogP contribution in [0.15, 0.2) is 30.3 Å². The topological polar surface area (TPSA) is 84.0 Å². The van der Waals surface area contributed by atoms with Crippen LogP contribution in [-0.2, 0) is 9.59 Å². The Morgan fingerprint density at radius 1 is 1.08 bits per heavy atom. The molecule has 1 aromatic heterocycles. The Morgan fingerprint density at radius 2 is 1.79 bits per heavy atom. The monoisotopic (exact) mass is 344 g/mol. The maximum Gasteiger partial charge on any atom is 0.251 e. The van der Waals surface area contributed by atoms with Crippen LogP contribution in [0.3, 0.4) is 0 Å². The van der Waals surface area contributed by atoms with Crippen LogP contribution in [0.5, 0.6) is 0 Å². The molecule has 0 spiro atoms. The lowest BCUT2D eigenvalue weighted by atomic mass is 9.81. The van der Waals surface area contributed by atoms with E-state index in [1.54, 1.807) is 0 Å². The molecule has 0 bridgehead atoms. The van der Waals surface area contributed by atoms with Crippen LogP contribution in [0.4, 0.5) is 5.13 Å². The summed E-state index contributed by atoms with van der Waals surface area (Å²) < 4.78 is 0. The molecule has 1 aromatic carbocycles. The van der Waals surface area contributed by atoms with Crippen LogP contribution in [-0.4, -0.2) is 27.6 Å². The number of nitrogens with zero attached hydrogens (tertiary/aromatic N) is 2. The summed E-state index contributed by atoms with van der Waals surface area (Å²) in [6.07, 6.45) is 4.26. The van der Waals surface area contributed by atoms with E-state index in [-0.39, 0.29) is 11.8 Å². The third-order valence-electron chi connectivity index (χ3n) is 4.22. The fourth-order valence-corrected chi connectivity index (χ4v) is 3.83. The summed E-state index contributed by atoms with van der Waals surface area (Å²) in [5.41, 5.74) is 0.132. The first-order valence-corrected chi connectivity index (χ1v) is 8.90. The number of carbonyl (C=O) groups is 2. The molecule has 1 heterocycles. The predicted molar refractivity (Wildman–Crippen MR) is 93.6 cm³/mol. The molecule has 2 N–H and O–H groups in total. The first-order chi connectivity index (χ1) is 11.6. The van der Waals surface area contributed by atoms with Crippen molar-refractivity contribution in [1.29, 1.82) is 0 Å². The zero-order valence-electron chi connectivity index (χ0n) is 13.5. The molecule has 0 radical (unpaired) electrons. The number of rotatable bonds is 4. The molecule has 1 aliphatic carbocycles. The van der Waals surface area contributed by atoms with Crippen molar-refractivity contribution in [2.45, 2.75) is 44.6 Å². The van der Waals surface area contributed by atoms with Crippen LogP contribution in [0.1, 0.15) is 39.0 Å². The minimum absolute atomic E-state index is 0.186. The van der Waals surface area contributed by atoms with Crippen LogP contribution in [0.25, 0.3) is 10.6 Å². The summed E-state index contributed by atoms with van der Waals surface area (Å²) in [5.74, 6) is -0.387. The predicted octanol–water partition coefficient (Wildman–Crippen LogP) is 2.98. The van der Waals surface area contributed by atoms with Gasteiger partial charge in [-0.3, -0.25) is 14.9 Å². The van der Waals surface area contributed by atoms with Crippen LogP contribution in [0.2, 0.25) is 0 Å². The summed E-state index contributed by atoms with van der Waals surface area (Å²) in [4.78, 5) is 24.3. The number of amides is 2. The van der Waals surface area contributed by atoms with Gasteiger partial charge in [0, 0.05) is 12.5 Å². The van der Waals surface area contributed by atoms with Crippen molar-refractivity contribution in [3.63, 3.8) is 0 Å². The van der Waals surface area contributed by atoms with Gasteiger partial charge >= 0.3 is 0 Å². The molecule has 1 saturated carbocycles. The van der Waals surface area contributed by atoms with Crippen molar-refractivity contribution in [3.8, 4) is 10.6 Å². The molecule has 1 fully saturated rings. The van der Waals surface area contributed by atoms with Crippen LogP contribution < -0.4 is 10.6 Å². The second kappa shape index (κ2) is 7.09. The number of nitrogens with one attached hydrogen (secondary N) is 2. The lowest BCUT2D eigenvalue weighted by Crippen LogP contribution is -2.57. The number of hydrogen-bond donors (Lipinski definition) is 2. The molecule has 0 aliphatic heterocycles. The van der Waals surface area contributed by atoms with Crippen LogP contribution >= 0.6 is 11.3 Å². The third-order valence-corrected chi connectivity index (χ3v) is 5.11. The standard InChI is InChI=1S/C17H20N4O2S/c1-12(22)19-17(10-6-3-7-11-17)15(23)18-16-21-20-14(24-16)13-8-4-2-5-9-13/h2,4-5,8-9H,3,6-7,10-11H2,1H3,(H,19,22)(H,18,21,23). The van der Waals surface area contributed by atoms with Crippen molar-refractivity contribution in [2.24, 2.45) is 0 Å². The molecular weight excluding hydrogens is 324 g/mol. The maximum atomic E-state index is 12.8. The normalized spacial score (nSPS) is 16.4. The summed E-state index contributed by atoms with van der Waals surface area (Å²) in [6.45, 7) is 1.45. The third kappa shape index (κ3) is 3.62. The Balaban J connectivity index is 1.76.